The highest BCUT2D eigenvalue weighted by atomic mass is 16.5. The zero-order valence-electron chi connectivity index (χ0n) is 11.9. The third-order valence-corrected chi connectivity index (χ3v) is 3.57. The van der Waals surface area contributed by atoms with E-state index in [4.69, 9.17) is 4.74 Å². The van der Waals surface area contributed by atoms with Gasteiger partial charge in [0.1, 0.15) is 5.75 Å². The quantitative estimate of drug-likeness (QED) is 0.841. The lowest BCUT2D eigenvalue weighted by Gasteiger charge is -2.24. The predicted molar refractivity (Wildman–Crippen MR) is 73.7 cm³/mol. The Bertz CT molecular complexity index is 350. The topological polar surface area (TPSA) is 21.3 Å². The minimum Gasteiger partial charge on any atom is -0.496 e. The molecule has 2 heteroatoms. The number of methoxy groups -OCH3 is 1. The normalized spacial score (nSPS) is 14.5. The molecule has 0 aromatic heterocycles. The summed E-state index contributed by atoms with van der Waals surface area (Å²) in [6.45, 7) is 8.74. The number of hydrogen-bond acceptors (Lipinski definition) is 2. The molecule has 1 aromatic rings. The van der Waals surface area contributed by atoms with Crippen molar-refractivity contribution in [3.63, 3.8) is 0 Å². The van der Waals surface area contributed by atoms with Crippen molar-refractivity contribution in [3.8, 4) is 5.75 Å². The molecule has 0 heterocycles. The van der Waals surface area contributed by atoms with Crippen molar-refractivity contribution in [1.82, 2.24) is 5.32 Å². The second-order valence-corrected chi connectivity index (χ2v) is 4.84. The third kappa shape index (κ3) is 3.01. The van der Waals surface area contributed by atoms with Crippen LogP contribution in [0, 0.1) is 19.8 Å². The number of rotatable bonds is 5. The lowest BCUT2D eigenvalue weighted by atomic mass is 9.90. The summed E-state index contributed by atoms with van der Waals surface area (Å²) in [5.41, 5.74) is 3.79. The first-order valence-electron chi connectivity index (χ1n) is 6.37. The molecule has 0 radical (unpaired) electrons. The third-order valence-electron chi connectivity index (χ3n) is 3.57. The molecule has 0 bridgehead atoms. The molecular weight excluding hydrogens is 210 g/mol. The van der Waals surface area contributed by atoms with E-state index in [2.05, 4.69) is 45.1 Å². The first-order chi connectivity index (χ1) is 8.04. The Kier molecular flexibility index (Phi) is 5.01. The fourth-order valence-corrected chi connectivity index (χ4v) is 2.50. The maximum absolute atomic E-state index is 5.41. The smallest absolute Gasteiger partial charge is 0.124 e. The van der Waals surface area contributed by atoms with Gasteiger partial charge >= 0.3 is 0 Å². The molecule has 2 unspecified atom stereocenters. The summed E-state index contributed by atoms with van der Waals surface area (Å²) >= 11 is 0. The molecule has 0 saturated heterocycles. The molecule has 17 heavy (non-hydrogen) atoms. The van der Waals surface area contributed by atoms with E-state index in [0.29, 0.717) is 12.0 Å². The number of ether oxygens (including phenoxy) is 1. The van der Waals surface area contributed by atoms with Gasteiger partial charge in [0.25, 0.3) is 0 Å². The monoisotopic (exact) mass is 235 g/mol. The molecule has 2 nitrogen and oxygen atoms in total. The lowest BCUT2D eigenvalue weighted by Crippen LogP contribution is -2.23. The average Bonchev–Trinajstić information content (AvgIpc) is 2.29. The van der Waals surface area contributed by atoms with E-state index in [1.807, 2.05) is 7.05 Å². The van der Waals surface area contributed by atoms with Gasteiger partial charge in [-0.1, -0.05) is 32.4 Å². The highest BCUT2D eigenvalue weighted by Gasteiger charge is 2.17. The van der Waals surface area contributed by atoms with E-state index >= 15 is 0 Å². The largest absolute Gasteiger partial charge is 0.496 e. The summed E-state index contributed by atoms with van der Waals surface area (Å²) in [6.07, 6.45) is 1.18. The molecule has 0 amide bonds. The van der Waals surface area contributed by atoms with Crippen molar-refractivity contribution in [2.24, 2.45) is 5.92 Å². The Morgan fingerprint density at radius 1 is 1.24 bits per heavy atom. The maximum Gasteiger partial charge on any atom is 0.124 e. The summed E-state index contributed by atoms with van der Waals surface area (Å²) in [7, 11) is 3.77. The number of hydrogen-bond donors (Lipinski definition) is 1. The van der Waals surface area contributed by atoms with Gasteiger partial charge in [-0.2, -0.15) is 0 Å². The van der Waals surface area contributed by atoms with Crippen molar-refractivity contribution < 1.29 is 4.74 Å². The van der Waals surface area contributed by atoms with E-state index in [0.717, 1.165) is 5.75 Å². The van der Waals surface area contributed by atoms with Crippen molar-refractivity contribution >= 4 is 0 Å². The van der Waals surface area contributed by atoms with Gasteiger partial charge in [-0.3, -0.25) is 0 Å². The molecule has 0 aliphatic rings. The molecule has 2 atom stereocenters. The zero-order chi connectivity index (χ0) is 13.0. The van der Waals surface area contributed by atoms with Crippen LogP contribution in [-0.2, 0) is 0 Å². The number of aryl methyl sites for hydroxylation is 2. The second-order valence-electron chi connectivity index (χ2n) is 4.84. The molecule has 0 aliphatic heterocycles. The zero-order valence-corrected chi connectivity index (χ0v) is 11.9. The van der Waals surface area contributed by atoms with Gasteiger partial charge < -0.3 is 10.1 Å². The maximum atomic E-state index is 5.41. The van der Waals surface area contributed by atoms with E-state index in [-0.39, 0.29) is 0 Å². The molecule has 0 spiro atoms. The van der Waals surface area contributed by atoms with Crippen LogP contribution in [0.2, 0.25) is 0 Å². The molecule has 0 fully saturated rings. The van der Waals surface area contributed by atoms with E-state index in [1.165, 1.54) is 23.1 Å². The van der Waals surface area contributed by atoms with Crippen LogP contribution >= 0.6 is 0 Å². The van der Waals surface area contributed by atoms with Gasteiger partial charge in [-0.05, 0) is 43.5 Å². The van der Waals surface area contributed by atoms with Crippen LogP contribution in [0.4, 0.5) is 0 Å². The molecule has 1 rings (SSSR count). The molecule has 0 aliphatic carbocycles. The van der Waals surface area contributed by atoms with Crippen molar-refractivity contribution in [2.75, 3.05) is 14.2 Å². The van der Waals surface area contributed by atoms with E-state index in [1.54, 1.807) is 7.11 Å². The summed E-state index contributed by atoms with van der Waals surface area (Å²) in [4.78, 5) is 0. The number of benzene rings is 1. The average molecular weight is 235 g/mol. The van der Waals surface area contributed by atoms with Gasteiger partial charge in [-0.25, -0.2) is 0 Å². The summed E-state index contributed by atoms with van der Waals surface area (Å²) in [6, 6.07) is 4.89. The standard InChI is InChI=1S/C15H25NO/c1-7-10(2)14(16-5)13-8-11(3)15(17-6)12(4)9-13/h8-10,14,16H,7H2,1-6H3. The van der Waals surface area contributed by atoms with Crippen LogP contribution in [0.25, 0.3) is 0 Å². The van der Waals surface area contributed by atoms with E-state index in [9.17, 15) is 0 Å². The van der Waals surface area contributed by atoms with Gasteiger partial charge in [-0.15, -0.1) is 0 Å². The molecule has 96 valence electrons. The van der Waals surface area contributed by atoms with Crippen molar-refractivity contribution in [1.29, 1.82) is 0 Å². The van der Waals surface area contributed by atoms with Crippen molar-refractivity contribution in [2.45, 2.75) is 40.2 Å². The first kappa shape index (κ1) is 14.0. The van der Waals surface area contributed by atoms with E-state index < -0.39 is 0 Å². The molecular formula is C15H25NO. The van der Waals surface area contributed by atoms with Crippen LogP contribution in [0.1, 0.15) is 43.0 Å². The van der Waals surface area contributed by atoms with Crippen LogP contribution in [0.15, 0.2) is 12.1 Å². The summed E-state index contributed by atoms with van der Waals surface area (Å²) in [5, 5.41) is 3.42. The van der Waals surface area contributed by atoms with Crippen molar-refractivity contribution in [3.05, 3.63) is 28.8 Å². The molecule has 0 saturated carbocycles. The Morgan fingerprint density at radius 3 is 2.12 bits per heavy atom. The second kappa shape index (κ2) is 6.06. The Labute approximate surface area is 105 Å². The molecule has 1 N–H and O–H groups in total. The summed E-state index contributed by atoms with van der Waals surface area (Å²) < 4.78 is 5.41. The SMILES string of the molecule is CCC(C)C(NC)c1cc(C)c(OC)c(C)c1. The van der Waals surface area contributed by atoms with Crippen LogP contribution < -0.4 is 10.1 Å². The van der Waals surface area contributed by atoms with Gasteiger partial charge in [0.05, 0.1) is 7.11 Å². The summed E-state index contributed by atoms with van der Waals surface area (Å²) in [5.74, 6) is 1.64. The Hall–Kier alpha value is -1.02. The highest BCUT2D eigenvalue weighted by Crippen LogP contribution is 2.30. The molecule has 1 aromatic carbocycles. The van der Waals surface area contributed by atoms with Crippen LogP contribution in [-0.4, -0.2) is 14.2 Å². The van der Waals surface area contributed by atoms with Gasteiger partial charge in [0, 0.05) is 6.04 Å². The van der Waals surface area contributed by atoms with Gasteiger partial charge in [0.15, 0.2) is 0 Å². The predicted octanol–water partition coefficient (Wildman–Crippen LogP) is 3.62. The fraction of sp³-hybridized carbons (Fsp3) is 0.600. The van der Waals surface area contributed by atoms with Crippen LogP contribution in [0.5, 0.6) is 5.75 Å². The fourth-order valence-electron chi connectivity index (χ4n) is 2.50. The van der Waals surface area contributed by atoms with Gasteiger partial charge in [0.2, 0.25) is 0 Å². The minimum absolute atomic E-state index is 0.420. The Balaban J connectivity index is 3.14. The Morgan fingerprint density at radius 2 is 1.76 bits per heavy atom. The number of nitrogens with one attached hydrogen (secondary N) is 1. The highest BCUT2D eigenvalue weighted by molar-refractivity contribution is 5.44. The first-order valence-corrected chi connectivity index (χ1v) is 6.37. The van der Waals surface area contributed by atoms with Crippen LogP contribution in [0.3, 0.4) is 0 Å². The minimum atomic E-state index is 0.420. The lowest BCUT2D eigenvalue weighted by molar-refractivity contribution is 0.394.